The third kappa shape index (κ3) is 2.61. The molecule has 0 saturated heterocycles. The zero-order valence-corrected chi connectivity index (χ0v) is 12.1. The van der Waals surface area contributed by atoms with Crippen LogP contribution < -0.4 is 0 Å². The second-order valence-electron chi connectivity index (χ2n) is 4.42. The van der Waals surface area contributed by atoms with Crippen molar-refractivity contribution in [3.63, 3.8) is 0 Å². The predicted octanol–water partition coefficient (Wildman–Crippen LogP) is 4.91. The van der Waals surface area contributed by atoms with Gasteiger partial charge in [0.05, 0.1) is 10.3 Å². The molecule has 1 rings (SSSR count). The molecule has 0 N–H and O–H groups in total. The average molecular weight is 320 g/mol. The van der Waals surface area contributed by atoms with Crippen LogP contribution in [-0.4, -0.2) is 15.6 Å². The highest BCUT2D eigenvalue weighted by molar-refractivity contribution is 9.11. The van der Waals surface area contributed by atoms with E-state index in [0.29, 0.717) is 0 Å². The Balaban J connectivity index is 2.89. The molecule has 0 amide bonds. The molecule has 0 heterocycles. The lowest BCUT2D eigenvalue weighted by atomic mass is 9.70. The molecule has 14 heavy (non-hydrogen) atoms. The summed E-state index contributed by atoms with van der Waals surface area (Å²) in [7, 11) is 0. The first kappa shape index (κ1) is 13.2. The van der Waals surface area contributed by atoms with Gasteiger partial charge in [-0.3, -0.25) is 0 Å². The standard InChI is InChI=1S/C10H14BrCl3/c1-9(3-4-11)6-10(2,14)8(13)5-7(9)12/h3-4,7-8H,5-6H2,1-2H3/b4-3+/t7-,8+,9+,10+/m0/s1. The summed E-state index contributed by atoms with van der Waals surface area (Å²) in [5.41, 5.74) is -0.0764. The van der Waals surface area contributed by atoms with Crippen LogP contribution in [0.5, 0.6) is 0 Å². The Kier molecular flexibility index (Phi) is 4.26. The molecule has 4 heteroatoms. The summed E-state index contributed by atoms with van der Waals surface area (Å²) in [5.74, 6) is 0. The minimum absolute atomic E-state index is 0.0469. The lowest BCUT2D eigenvalue weighted by Gasteiger charge is -2.45. The maximum atomic E-state index is 6.37. The molecule has 0 nitrogen and oxygen atoms in total. The Morgan fingerprint density at radius 3 is 2.36 bits per heavy atom. The van der Waals surface area contributed by atoms with Crippen molar-refractivity contribution in [3.8, 4) is 0 Å². The molecule has 0 spiro atoms. The van der Waals surface area contributed by atoms with Gasteiger partial charge in [0.1, 0.15) is 0 Å². The highest BCUT2D eigenvalue weighted by Gasteiger charge is 2.47. The van der Waals surface area contributed by atoms with E-state index in [9.17, 15) is 0 Å². The molecule has 0 aromatic heterocycles. The van der Waals surface area contributed by atoms with E-state index in [1.807, 2.05) is 11.9 Å². The maximum Gasteiger partial charge on any atom is 0.0591 e. The largest absolute Gasteiger partial charge is 0.122 e. The number of hydrogen-bond donors (Lipinski definition) is 0. The third-order valence-electron chi connectivity index (χ3n) is 2.95. The Morgan fingerprint density at radius 1 is 1.29 bits per heavy atom. The predicted molar refractivity (Wildman–Crippen MR) is 68.9 cm³/mol. The van der Waals surface area contributed by atoms with Gasteiger partial charge in [-0.05, 0) is 24.8 Å². The van der Waals surface area contributed by atoms with Crippen LogP contribution in [0.2, 0.25) is 0 Å². The van der Waals surface area contributed by atoms with Crippen molar-refractivity contribution >= 4 is 50.7 Å². The molecule has 0 aliphatic heterocycles. The quantitative estimate of drug-likeness (QED) is 0.602. The molecular formula is C10H14BrCl3. The van der Waals surface area contributed by atoms with Crippen LogP contribution >= 0.6 is 50.7 Å². The summed E-state index contributed by atoms with van der Waals surface area (Å²) in [6, 6.07) is 0. The van der Waals surface area contributed by atoms with Gasteiger partial charge >= 0.3 is 0 Å². The molecule has 1 aliphatic rings. The van der Waals surface area contributed by atoms with Gasteiger partial charge in [-0.15, -0.1) is 34.8 Å². The van der Waals surface area contributed by atoms with Gasteiger partial charge in [0.25, 0.3) is 0 Å². The fraction of sp³-hybridized carbons (Fsp3) is 0.800. The number of rotatable bonds is 1. The van der Waals surface area contributed by atoms with Gasteiger partial charge in [-0.1, -0.05) is 28.9 Å². The normalized spacial score (nSPS) is 49.9. The van der Waals surface area contributed by atoms with Crippen molar-refractivity contribution in [2.75, 3.05) is 0 Å². The van der Waals surface area contributed by atoms with Gasteiger partial charge in [-0.25, -0.2) is 0 Å². The summed E-state index contributed by atoms with van der Waals surface area (Å²) in [6.45, 7) is 4.10. The number of alkyl halides is 3. The van der Waals surface area contributed by atoms with Crippen LogP contribution in [0.15, 0.2) is 11.1 Å². The van der Waals surface area contributed by atoms with Crippen molar-refractivity contribution in [2.24, 2.45) is 5.41 Å². The van der Waals surface area contributed by atoms with Crippen LogP contribution in [0.4, 0.5) is 0 Å². The maximum absolute atomic E-state index is 6.37. The van der Waals surface area contributed by atoms with Crippen LogP contribution in [0, 0.1) is 5.41 Å². The smallest absolute Gasteiger partial charge is 0.0591 e. The van der Waals surface area contributed by atoms with Crippen LogP contribution in [-0.2, 0) is 0 Å². The van der Waals surface area contributed by atoms with Crippen molar-refractivity contribution in [1.29, 1.82) is 0 Å². The topological polar surface area (TPSA) is 0 Å². The Hall–Kier alpha value is 1.09. The summed E-state index contributed by atoms with van der Waals surface area (Å²) in [6.07, 6.45) is 3.61. The second-order valence-corrected chi connectivity index (χ2v) is 6.87. The summed E-state index contributed by atoms with van der Waals surface area (Å²) < 4.78 is 0. The second kappa shape index (κ2) is 4.53. The molecule has 4 atom stereocenters. The number of allylic oxidation sites excluding steroid dienone is 1. The first-order chi connectivity index (χ1) is 6.32. The van der Waals surface area contributed by atoms with Crippen LogP contribution in [0.25, 0.3) is 0 Å². The van der Waals surface area contributed by atoms with E-state index in [4.69, 9.17) is 34.8 Å². The van der Waals surface area contributed by atoms with Crippen molar-refractivity contribution in [3.05, 3.63) is 11.1 Å². The fourth-order valence-corrected chi connectivity index (χ4v) is 3.63. The van der Waals surface area contributed by atoms with Crippen molar-refractivity contribution in [1.82, 2.24) is 0 Å². The van der Waals surface area contributed by atoms with Gasteiger partial charge < -0.3 is 0 Å². The van der Waals surface area contributed by atoms with Gasteiger partial charge in [0.2, 0.25) is 0 Å². The minimum atomic E-state index is -0.367. The number of hydrogen-bond acceptors (Lipinski definition) is 0. The van der Waals surface area contributed by atoms with Gasteiger partial charge in [-0.2, -0.15) is 0 Å². The van der Waals surface area contributed by atoms with Crippen molar-refractivity contribution < 1.29 is 0 Å². The third-order valence-corrected chi connectivity index (χ3v) is 5.06. The van der Waals surface area contributed by atoms with E-state index in [1.165, 1.54) is 0 Å². The molecule has 1 saturated carbocycles. The number of halogens is 4. The first-order valence-electron chi connectivity index (χ1n) is 4.57. The van der Waals surface area contributed by atoms with E-state index in [-0.39, 0.29) is 21.0 Å². The highest BCUT2D eigenvalue weighted by atomic mass is 79.9. The molecular weight excluding hydrogens is 306 g/mol. The Bertz CT molecular complexity index is 240. The minimum Gasteiger partial charge on any atom is -0.122 e. The Labute approximate surface area is 109 Å². The van der Waals surface area contributed by atoms with E-state index in [0.717, 1.165) is 12.8 Å². The molecule has 0 radical (unpaired) electrons. The lowest BCUT2D eigenvalue weighted by Crippen LogP contribution is -2.47. The molecule has 0 aromatic carbocycles. The van der Waals surface area contributed by atoms with Crippen molar-refractivity contribution in [2.45, 2.75) is 42.3 Å². The van der Waals surface area contributed by atoms with Crippen LogP contribution in [0.3, 0.4) is 0 Å². The van der Waals surface area contributed by atoms with Gasteiger partial charge in [0.15, 0.2) is 0 Å². The zero-order chi connectivity index (χ0) is 11.0. The molecule has 0 bridgehead atoms. The average Bonchev–Trinajstić information content (AvgIpc) is 2.01. The van der Waals surface area contributed by atoms with E-state index >= 15 is 0 Å². The fourth-order valence-electron chi connectivity index (χ4n) is 1.97. The lowest BCUT2D eigenvalue weighted by molar-refractivity contribution is 0.253. The van der Waals surface area contributed by atoms with Crippen LogP contribution in [0.1, 0.15) is 26.7 Å². The van der Waals surface area contributed by atoms with E-state index < -0.39 is 0 Å². The Morgan fingerprint density at radius 2 is 1.86 bits per heavy atom. The molecule has 1 aliphatic carbocycles. The zero-order valence-electron chi connectivity index (χ0n) is 8.24. The van der Waals surface area contributed by atoms with E-state index in [1.54, 1.807) is 0 Å². The summed E-state index contributed by atoms with van der Waals surface area (Å²) >= 11 is 22.1. The highest BCUT2D eigenvalue weighted by Crippen LogP contribution is 2.49. The molecule has 0 aromatic rings. The summed E-state index contributed by atoms with van der Waals surface area (Å²) in [4.78, 5) is 1.48. The SMILES string of the molecule is C[C@@]1(Cl)C[C@@](C)(/C=C/Br)[C@@H](Cl)C[C@H]1Cl. The van der Waals surface area contributed by atoms with Gasteiger partial charge in [0, 0.05) is 10.8 Å². The first-order valence-corrected chi connectivity index (χ1v) is 6.73. The molecule has 82 valence electrons. The van der Waals surface area contributed by atoms with E-state index in [2.05, 4.69) is 28.9 Å². The molecule has 0 unspecified atom stereocenters. The summed E-state index contributed by atoms with van der Waals surface area (Å²) in [5, 5.41) is -0.00547. The molecule has 1 fully saturated rings. The monoisotopic (exact) mass is 318 g/mol.